The van der Waals surface area contributed by atoms with E-state index in [1.165, 1.54) is 24.0 Å². The Hall–Kier alpha value is -2.83. The first kappa shape index (κ1) is 19.5. The van der Waals surface area contributed by atoms with Gasteiger partial charge in [0.1, 0.15) is 9.98 Å². The summed E-state index contributed by atoms with van der Waals surface area (Å²) in [5, 5.41) is 4.70. The van der Waals surface area contributed by atoms with E-state index in [-0.39, 0.29) is 5.91 Å². The van der Waals surface area contributed by atoms with E-state index in [4.69, 9.17) is 21.3 Å². The number of aromatic nitrogens is 2. The second kappa shape index (κ2) is 7.89. The van der Waals surface area contributed by atoms with Crippen LogP contribution in [0.2, 0.25) is 4.34 Å². The summed E-state index contributed by atoms with van der Waals surface area (Å²) < 4.78 is 7.76. The Morgan fingerprint density at radius 3 is 2.62 bits per heavy atom. The van der Waals surface area contributed by atoms with Gasteiger partial charge in [0.05, 0.1) is 30.6 Å². The van der Waals surface area contributed by atoms with Crippen molar-refractivity contribution < 1.29 is 9.53 Å². The summed E-state index contributed by atoms with van der Waals surface area (Å²) >= 11 is 7.38. The number of amides is 1. The number of carbonyl (C=O) groups excluding carboxylic acids is 1. The molecule has 29 heavy (non-hydrogen) atoms. The minimum absolute atomic E-state index is 0.234. The molecule has 0 aliphatic carbocycles. The molecule has 0 atom stereocenters. The highest BCUT2D eigenvalue weighted by Crippen LogP contribution is 2.35. The molecule has 5 nitrogen and oxygen atoms in total. The number of benzene rings is 1. The van der Waals surface area contributed by atoms with E-state index in [9.17, 15) is 4.79 Å². The number of rotatable bonds is 5. The molecule has 4 rings (SSSR count). The molecule has 3 heterocycles. The number of halogens is 1. The van der Waals surface area contributed by atoms with Crippen LogP contribution >= 0.6 is 22.9 Å². The molecule has 0 spiro atoms. The van der Waals surface area contributed by atoms with Crippen molar-refractivity contribution in [3.8, 4) is 17.0 Å². The van der Waals surface area contributed by atoms with E-state index in [2.05, 4.69) is 36.5 Å². The first-order chi connectivity index (χ1) is 14.0. The van der Waals surface area contributed by atoms with Gasteiger partial charge in [0.15, 0.2) is 5.75 Å². The van der Waals surface area contributed by atoms with E-state index in [0.717, 1.165) is 28.2 Å². The Kier molecular flexibility index (Phi) is 5.30. The SMILES string of the molecule is COc1c(C(=O)NCc2c(-c3ccc(C)cc3)nc3ccc(C)cn23)csc1Cl. The van der Waals surface area contributed by atoms with Crippen LogP contribution in [-0.4, -0.2) is 22.4 Å². The number of methoxy groups -OCH3 is 1. The van der Waals surface area contributed by atoms with E-state index in [0.29, 0.717) is 22.2 Å². The molecule has 0 saturated carbocycles. The average molecular weight is 426 g/mol. The third-order valence-corrected chi connectivity index (χ3v) is 5.94. The van der Waals surface area contributed by atoms with Crippen molar-refractivity contribution in [2.24, 2.45) is 0 Å². The van der Waals surface area contributed by atoms with Gasteiger partial charge >= 0.3 is 0 Å². The van der Waals surface area contributed by atoms with Gasteiger partial charge in [-0.1, -0.05) is 47.5 Å². The summed E-state index contributed by atoms with van der Waals surface area (Å²) in [6.45, 7) is 4.41. The Morgan fingerprint density at radius 1 is 1.17 bits per heavy atom. The fourth-order valence-corrected chi connectivity index (χ4v) is 4.29. The third-order valence-electron chi connectivity index (χ3n) is 4.76. The summed E-state index contributed by atoms with van der Waals surface area (Å²) in [5.74, 6) is 0.171. The van der Waals surface area contributed by atoms with Gasteiger partial charge in [-0.15, -0.1) is 11.3 Å². The molecule has 148 valence electrons. The third kappa shape index (κ3) is 3.73. The van der Waals surface area contributed by atoms with Gasteiger partial charge in [-0.3, -0.25) is 4.79 Å². The van der Waals surface area contributed by atoms with Crippen molar-refractivity contribution in [1.82, 2.24) is 14.7 Å². The topological polar surface area (TPSA) is 55.6 Å². The molecular formula is C22H20ClN3O2S. The average Bonchev–Trinajstić information content (AvgIpc) is 3.26. The van der Waals surface area contributed by atoms with Gasteiger partial charge < -0.3 is 14.5 Å². The number of carbonyl (C=O) groups is 1. The maximum atomic E-state index is 12.8. The highest BCUT2D eigenvalue weighted by Gasteiger charge is 2.20. The molecule has 0 radical (unpaired) electrons. The molecule has 1 amide bonds. The van der Waals surface area contributed by atoms with Crippen LogP contribution in [0.5, 0.6) is 5.75 Å². The van der Waals surface area contributed by atoms with Gasteiger partial charge in [0.2, 0.25) is 0 Å². The van der Waals surface area contributed by atoms with Crippen molar-refractivity contribution in [3.05, 3.63) is 74.7 Å². The Bertz CT molecular complexity index is 1190. The summed E-state index contributed by atoms with van der Waals surface area (Å²) in [6.07, 6.45) is 2.03. The number of nitrogens with one attached hydrogen (secondary N) is 1. The molecule has 4 aromatic rings. The lowest BCUT2D eigenvalue weighted by molar-refractivity contribution is 0.0948. The number of imidazole rings is 1. The Balaban J connectivity index is 1.71. The largest absolute Gasteiger partial charge is 0.493 e. The van der Waals surface area contributed by atoms with Gasteiger partial charge in [-0.2, -0.15) is 0 Å². The zero-order chi connectivity index (χ0) is 20.5. The van der Waals surface area contributed by atoms with Crippen molar-refractivity contribution in [1.29, 1.82) is 0 Å². The summed E-state index contributed by atoms with van der Waals surface area (Å²) in [6, 6.07) is 12.2. The predicted octanol–water partition coefficient (Wildman–Crippen LogP) is 5.27. The van der Waals surface area contributed by atoms with Crippen molar-refractivity contribution in [2.45, 2.75) is 20.4 Å². The standard InChI is InChI=1S/C22H20ClN3O2S/c1-13-4-7-15(8-5-13)19-17(26-11-14(2)6-9-18(26)25-19)10-24-22(27)16-12-29-21(23)20(16)28-3/h4-9,11-12H,10H2,1-3H3,(H,24,27). The van der Waals surface area contributed by atoms with Gasteiger partial charge in [-0.05, 0) is 25.5 Å². The predicted molar refractivity (Wildman–Crippen MR) is 117 cm³/mol. The Morgan fingerprint density at radius 2 is 1.90 bits per heavy atom. The van der Waals surface area contributed by atoms with Gasteiger partial charge in [-0.25, -0.2) is 4.98 Å². The van der Waals surface area contributed by atoms with Crippen molar-refractivity contribution >= 4 is 34.5 Å². The number of aryl methyl sites for hydroxylation is 2. The van der Waals surface area contributed by atoms with Gasteiger partial charge in [0.25, 0.3) is 5.91 Å². The van der Waals surface area contributed by atoms with Crippen LogP contribution in [0.1, 0.15) is 27.2 Å². The van der Waals surface area contributed by atoms with Crippen molar-refractivity contribution in [3.63, 3.8) is 0 Å². The number of hydrogen-bond donors (Lipinski definition) is 1. The number of hydrogen-bond acceptors (Lipinski definition) is 4. The molecule has 0 bridgehead atoms. The van der Waals surface area contributed by atoms with E-state index in [1.54, 1.807) is 5.38 Å². The van der Waals surface area contributed by atoms with Crippen LogP contribution in [-0.2, 0) is 6.54 Å². The number of fused-ring (bicyclic) bond motifs is 1. The van der Waals surface area contributed by atoms with Gasteiger partial charge in [0, 0.05) is 17.1 Å². The number of thiophene rings is 1. The van der Waals surface area contributed by atoms with Crippen molar-refractivity contribution in [2.75, 3.05) is 7.11 Å². The first-order valence-electron chi connectivity index (χ1n) is 9.11. The second-order valence-corrected chi connectivity index (χ2v) is 8.33. The number of pyridine rings is 1. The van der Waals surface area contributed by atoms with Crippen LogP contribution in [0.15, 0.2) is 48.0 Å². The molecule has 1 N–H and O–H groups in total. The zero-order valence-electron chi connectivity index (χ0n) is 16.3. The second-order valence-electron chi connectivity index (χ2n) is 6.85. The molecule has 0 saturated heterocycles. The molecule has 1 aromatic carbocycles. The molecule has 7 heteroatoms. The molecule has 0 unspecified atom stereocenters. The molecule has 0 aliphatic rings. The van der Waals surface area contributed by atoms with Crippen LogP contribution in [0.4, 0.5) is 0 Å². The summed E-state index contributed by atoms with van der Waals surface area (Å²) in [7, 11) is 1.51. The summed E-state index contributed by atoms with van der Waals surface area (Å²) in [5.41, 5.74) is 6.36. The highest BCUT2D eigenvalue weighted by molar-refractivity contribution is 7.15. The molecule has 0 fully saturated rings. The van der Waals surface area contributed by atoms with Crippen LogP contribution in [0.3, 0.4) is 0 Å². The van der Waals surface area contributed by atoms with E-state index < -0.39 is 0 Å². The smallest absolute Gasteiger partial charge is 0.256 e. The molecular weight excluding hydrogens is 406 g/mol. The number of ether oxygens (including phenoxy) is 1. The normalized spacial score (nSPS) is 11.0. The van der Waals surface area contributed by atoms with E-state index >= 15 is 0 Å². The maximum Gasteiger partial charge on any atom is 0.256 e. The van der Waals surface area contributed by atoms with Crippen LogP contribution in [0.25, 0.3) is 16.9 Å². The van der Waals surface area contributed by atoms with Crippen LogP contribution < -0.4 is 10.1 Å². The fourth-order valence-electron chi connectivity index (χ4n) is 3.24. The minimum Gasteiger partial charge on any atom is -0.493 e. The van der Waals surface area contributed by atoms with Crippen LogP contribution in [0, 0.1) is 13.8 Å². The molecule has 0 aliphatic heterocycles. The lowest BCUT2D eigenvalue weighted by Crippen LogP contribution is -2.24. The zero-order valence-corrected chi connectivity index (χ0v) is 17.9. The number of nitrogens with zero attached hydrogens (tertiary/aromatic N) is 2. The maximum absolute atomic E-state index is 12.8. The minimum atomic E-state index is -0.234. The lowest BCUT2D eigenvalue weighted by Gasteiger charge is -2.09. The Labute approximate surface area is 177 Å². The molecule has 3 aromatic heterocycles. The quantitative estimate of drug-likeness (QED) is 0.473. The highest BCUT2D eigenvalue weighted by atomic mass is 35.5. The first-order valence-corrected chi connectivity index (χ1v) is 10.4. The fraction of sp³-hybridized carbons (Fsp3) is 0.182. The lowest BCUT2D eigenvalue weighted by atomic mass is 10.1. The summed E-state index contributed by atoms with van der Waals surface area (Å²) in [4.78, 5) is 17.6. The monoisotopic (exact) mass is 425 g/mol. The van der Waals surface area contributed by atoms with E-state index in [1.807, 2.05) is 29.7 Å².